The molecular formula is C15H15NO. The van der Waals surface area contributed by atoms with Crippen LogP contribution in [0.25, 0.3) is 0 Å². The number of hydrogen-bond acceptors (Lipinski definition) is 2. The summed E-state index contributed by atoms with van der Waals surface area (Å²) in [6.07, 6.45) is 9.47. The number of methoxy groups -OCH3 is 1. The Hall–Kier alpha value is -2.01. The van der Waals surface area contributed by atoms with Crippen LogP contribution >= 0.6 is 0 Å². The van der Waals surface area contributed by atoms with Crippen LogP contribution in [0.4, 0.5) is 5.69 Å². The molecule has 0 spiro atoms. The second kappa shape index (κ2) is 4.88. The number of aliphatic imine (C=N–C) groups is 1. The van der Waals surface area contributed by atoms with Crippen molar-refractivity contribution < 1.29 is 4.74 Å². The first kappa shape index (κ1) is 11.5. The number of allylic oxidation sites excluding steroid dienone is 2. The average Bonchev–Trinajstić information content (AvgIpc) is 3.16. The molecular weight excluding hydrogens is 210 g/mol. The van der Waals surface area contributed by atoms with Crippen molar-refractivity contribution in [1.82, 2.24) is 0 Å². The number of nitrogens with zero attached hydrogens (tertiary/aromatic N) is 1. The van der Waals surface area contributed by atoms with E-state index < -0.39 is 0 Å². The largest absolute Gasteiger partial charge is 0.497 e. The molecule has 86 valence electrons. The van der Waals surface area contributed by atoms with Gasteiger partial charge in [-0.05, 0) is 43.5 Å². The van der Waals surface area contributed by atoms with Crippen LogP contribution < -0.4 is 4.74 Å². The summed E-state index contributed by atoms with van der Waals surface area (Å²) < 4.78 is 5.15. The zero-order valence-corrected chi connectivity index (χ0v) is 10.2. The Morgan fingerprint density at radius 2 is 2.24 bits per heavy atom. The maximum absolute atomic E-state index is 5.44. The minimum Gasteiger partial charge on any atom is -0.497 e. The molecule has 17 heavy (non-hydrogen) atoms. The van der Waals surface area contributed by atoms with Gasteiger partial charge in [0.1, 0.15) is 5.75 Å². The molecule has 2 rings (SSSR count). The Morgan fingerprint density at radius 3 is 2.76 bits per heavy atom. The SMILES string of the molecule is C#CC(C=Nc1ccc(OC)cc1C)=C1CC1. The number of terminal acetylenes is 1. The lowest BCUT2D eigenvalue weighted by molar-refractivity contribution is 0.414. The molecule has 0 radical (unpaired) electrons. The predicted octanol–water partition coefficient (Wildman–Crippen LogP) is 3.43. The Labute approximate surface area is 102 Å². The fourth-order valence-electron chi connectivity index (χ4n) is 1.60. The van der Waals surface area contributed by atoms with Crippen LogP contribution in [0.5, 0.6) is 5.75 Å². The molecule has 1 fully saturated rings. The van der Waals surface area contributed by atoms with Gasteiger partial charge in [0.15, 0.2) is 0 Å². The molecule has 2 nitrogen and oxygen atoms in total. The molecule has 0 atom stereocenters. The number of hydrogen-bond donors (Lipinski definition) is 0. The third-order valence-electron chi connectivity index (χ3n) is 2.77. The molecule has 0 N–H and O–H groups in total. The fourth-order valence-corrected chi connectivity index (χ4v) is 1.60. The summed E-state index contributed by atoms with van der Waals surface area (Å²) in [7, 11) is 1.66. The van der Waals surface area contributed by atoms with Crippen molar-refractivity contribution in [3.8, 4) is 18.1 Å². The van der Waals surface area contributed by atoms with Gasteiger partial charge < -0.3 is 4.74 Å². The normalized spacial score (nSPS) is 13.6. The van der Waals surface area contributed by atoms with Crippen LogP contribution in [0.3, 0.4) is 0 Å². The first-order chi connectivity index (χ1) is 8.24. The van der Waals surface area contributed by atoms with Crippen molar-refractivity contribution in [2.75, 3.05) is 7.11 Å². The highest BCUT2D eigenvalue weighted by molar-refractivity contribution is 5.88. The fraction of sp³-hybridized carbons (Fsp3) is 0.267. The van der Waals surface area contributed by atoms with E-state index in [9.17, 15) is 0 Å². The van der Waals surface area contributed by atoms with Crippen LogP contribution in [0.1, 0.15) is 18.4 Å². The second-order valence-corrected chi connectivity index (χ2v) is 4.07. The summed E-state index contributed by atoms with van der Waals surface area (Å²) in [5.74, 6) is 3.53. The maximum atomic E-state index is 5.44. The van der Waals surface area contributed by atoms with Crippen molar-refractivity contribution >= 4 is 11.9 Å². The molecule has 0 aromatic heterocycles. The van der Waals surface area contributed by atoms with Gasteiger partial charge in [0.25, 0.3) is 0 Å². The lowest BCUT2D eigenvalue weighted by Crippen LogP contribution is -1.85. The molecule has 1 aromatic rings. The van der Waals surface area contributed by atoms with E-state index in [1.54, 1.807) is 13.3 Å². The van der Waals surface area contributed by atoms with E-state index >= 15 is 0 Å². The van der Waals surface area contributed by atoms with Crippen LogP contribution in [0, 0.1) is 19.3 Å². The molecule has 1 saturated carbocycles. The van der Waals surface area contributed by atoms with Gasteiger partial charge in [-0.2, -0.15) is 0 Å². The van der Waals surface area contributed by atoms with Crippen molar-refractivity contribution in [1.29, 1.82) is 0 Å². The van der Waals surface area contributed by atoms with E-state index in [1.807, 2.05) is 25.1 Å². The molecule has 0 saturated heterocycles. The third kappa shape index (κ3) is 2.76. The summed E-state index contributed by atoms with van der Waals surface area (Å²) in [5, 5.41) is 0. The van der Waals surface area contributed by atoms with E-state index in [4.69, 9.17) is 11.2 Å². The quantitative estimate of drug-likeness (QED) is 0.570. The van der Waals surface area contributed by atoms with E-state index in [0.29, 0.717) is 0 Å². The van der Waals surface area contributed by atoms with Crippen LogP contribution in [-0.2, 0) is 0 Å². The maximum Gasteiger partial charge on any atom is 0.119 e. The molecule has 1 aliphatic carbocycles. The van der Waals surface area contributed by atoms with Crippen LogP contribution in [-0.4, -0.2) is 13.3 Å². The Kier molecular flexibility index (Phi) is 3.30. The topological polar surface area (TPSA) is 21.6 Å². The summed E-state index contributed by atoms with van der Waals surface area (Å²) in [4.78, 5) is 4.43. The summed E-state index contributed by atoms with van der Waals surface area (Å²) in [6.45, 7) is 2.01. The smallest absolute Gasteiger partial charge is 0.119 e. The summed E-state index contributed by atoms with van der Waals surface area (Å²) >= 11 is 0. The van der Waals surface area contributed by atoms with Gasteiger partial charge >= 0.3 is 0 Å². The van der Waals surface area contributed by atoms with Gasteiger partial charge in [-0.25, -0.2) is 0 Å². The van der Waals surface area contributed by atoms with Gasteiger partial charge in [0.2, 0.25) is 0 Å². The lowest BCUT2D eigenvalue weighted by Gasteiger charge is -2.03. The van der Waals surface area contributed by atoms with Crippen LogP contribution in [0.2, 0.25) is 0 Å². The monoisotopic (exact) mass is 225 g/mol. The summed E-state index contributed by atoms with van der Waals surface area (Å²) in [5.41, 5.74) is 4.28. The van der Waals surface area contributed by atoms with Crippen LogP contribution in [0.15, 0.2) is 34.3 Å². The molecule has 1 aromatic carbocycles. The van der Waals surface area contributed by atoms with Crippen molar-refractivity contribution in [3.63, 3.8) is 0 Å². The molecule has 0 amide bonds. The highest BCUT2D eigenvalue weighted by Gasteiger charge is 2.14. The number of aryl methyl sites for hydroxylation is 1. The standard InChI is InChI=1S/C15H15NO/c1-4-12(13-5-6-13)10-16-15-8-7-14(17-3)9-11(15)2/h1,7-10H,5-6H2,2-3H3. The molecule has 0 aliphatic heterocycles. The minimum atomic E-state index is 0.846. The Bertz CT molecular complexity index is 526. The highest BCUT2D eigenvalue weighted by Crippen LogP contribution is 2.31. The first-order valence-corrected chi connectivity index (χ1v) is 5.62. The average molecular weight is 225 g/mol. The molecule has 0 bridgehead atoms. The minimum absolute atomic E-state index is 0.846. The molecule has 0 heterocycles. The van der Waals surface area contributed by atoms with Gasteiger partial charge in [-0.3, -0.25) is 4.99 Å². The lowest BCUT2D eigenvalue weighted by atomic mass is 10.2. The predicted molar refractivity (Wildman–Crippen MR) is 71.0 cm³/mol. The van der Waals surface area contributed by atoms with E-state index in [0.717, 1.165) is 35.4 Å². The highest BCUT2D eigenvalue weighted by atomic mass is 16.5. The van der Waals surface area contributed by atoms with Gasteiger partial charge in [0.05, 0.1) is 12.8 Å². The first-order valence-electron chi connectivity index (χ1n) is 5.62. The zero-order chi connectivity index (χ0) is 12.3. The Morgan fingerprint density at radius 1 is 1.47 bits per heavy atom. The van der Waals surface area contributed by atoms with E-state index in [-0.39, 0.29) is 0 Å². The Balaban J connectivity index is 2.22. The van der Waals surface area contributed by atoms with Crippen molar-refractivity contribution in [2.24, 2.45) is 4.99 Å². The van der Waals surface area contributed by atoms with E-state index in [1.165, 1.54) is 5.57 Å². The molecule has 1 aliphatic rings. The molecule has 2 heteroatoms. The van der Waals surface area contributed by atoms with Crippen molar-refractivity contribution in [3.05, 3.63) is 34.9 Å². The second-order valence-electron chi connectivity index (χ2n) is 4.07. The van der Waals surface area contributed by atoms with Gasteiger partial charge in [-0.15, -0.1) is 6.42 Å². The number of ether oxygens (including phenoxy) is 1. The summed E-state index contributed by atoms with van der Waals surface area (Å²) in [6, 6.07) is 5.81. The van der Waals surface area contributed by atoms with Gasteiger partial charge in [-0.1, -0.05) is 11.5 Å². The van der Waals surface area contributed by atoms with Crippen molar-refractivity contribution in [2.45, 2.75) is 19.8 Å². The third-order valence-corrected chi connectivity index (χ3v) is 2.77. The molecule has 0 unspecified atom stereocenters. The van der Waals surface area contributed by atoms with E-state index in [2.05, 4.69) is 10.9 Å². The zero-order valence-electron chi connectivity index (χ0n) is 10.2. The number of benzene rings is 1. The van der Waals surface area contributed by atoms with Gasteiger partial charge in [0, 0.05) is 11.8 Å². The number of rotatable bonds is 3.